The summed E-state index contributed by atoms with van der Waals surface area (Å²) in [5.41, 5.74) is 1.45. The minimum Gasteiger partial charge on any atom is -0.354 e. The Morgan fingerprint density at radius 3 is 2.19 bits per heavy atom. The van der Waals surface area contributed by atoms with Crippen molar-refractivity contribution in [1.29, 1.82) is 5.26 Å². The molecule has 0 saturated heterocycles. The van der Waals surface area contributed by atoms with Gasteiger partial charge in [0.05, 0.1) is 17.9 Å². The van der Waals surface area contributed by atoms with Crippen LogP contribution in [0.4, 0.5) is 4.39 Å². The number of hydrogen-bond acceptors (Lipinski definition) is 3. The first-order chi connectivity index (χ1) is 12.8. The van der Waals surface area contributed by atoms with E-state index in [0.717, 1.165) is 11.1 Å². The predicted octanol–water partition coefficient (Wildman–Crippen LogP) is 2.72. The Morgan fingerprint density at radius 2 is 1.59 bits per heavy atom. The number of hydrogen-bond donors (Lipinski definition) is 2. The molecule has 0 atom stereocenters. The fourth-order valence-corrected chi connectivity index (χ4v) is 2.43. The average Bonchev–Trinajstić information content (AvgIpc) is 2.67. The molecule has 0 saturated carbocycles. The Kier molecular flexibility index (Phi) is 6.67. The second-order valence-electron chi connectivity index (χ2n) is 6.72. The summed E-state index contributed by atoms with van der Waals surface area (Å²) in [5, 5.41) is 14.6. The van der Waals surface area contributed by atoms with Crippen molar-refractivity contribution in [3.63, 3.8) is 0 Å². The molecule has 0 aliphatic carbocycles. The first-order valence-corrected chi connectivity index (χ1v) is 8.63. The Bertz CT molecular complexity index is 837. The molecule has 6 heteroatoms. The number of halogens is 1. The van der Waals surface area contributed by atoms with Crippen LogP contribution in [-0.2, 0) is 16.6 Å². The maximum absolute atomic E-state index is 12.8. The number of nitrogens with one attached hydrogen (secondary N) is 2. The highest BCUT2D eigenvalue weighted by Gasteiger charge is 2.19. The Morgan fingerprint density at radius 1 is 1.00 bits per heavy atom. The molecule has 2 N–H and O–H groups in total. The van der Waals surface area contributed by atoms with Gasteiger partial charge in [-0.2, -0.15) is 5.26 Å². The smallest absolute Gasteiger partial charge is 0.251 e. The lowest BCUT2D eigenvalue weighted by molar-refractivity contribution is -0.120. The van der Waals surface area contributed by atoms with Crippen LogP contribution in [0.25, 0.3) is 0 Å². The van der Waals surface area contributed by atoms with E-state index in [2.05, 4.69) is 16.7 Å². The highest BCUT2D eigenvalue weighted by atomic mass is 19.1. The van der Waals surface area contributed by atoms with Gasteiger partial charge in [-0.1, -0.05) is 24.3 Å². The molecule has 2 aromatic rings. The number of benzene rings is 2. The minimum atomic E-state index is -0.607. The van der Waals surface area contributed by atoms with Crippen molar-refractivity contribution < 1.29 is 14.0 Å². The van der Waals surface area contributed by atoms with Crippen LogP contribution >= 0.6 is 0 Å². The normalized spacial score (nSPS) is 10.7. The van der Waals surface area contributed by atoms with Crippen molar-refractivity contribution in [1.82, 2.24) is 10.6 Å². The van der Waals surface area contributed by atoms with E-state index in [1.165, 1.54) is 12.1 Å². The third kappa shape index (κ3) is 5.93. The molecule has 0 radical (unpaired) electrons. The van der Waals surface area contributed by atoms with E-state index in [9.17, 15) is 14.0 Å². The van der Waals surface area contributed by atoms with E-state index in [4.69, 9.17) is 5.26 Å². The lowest BCUT2D eigenvalue weighted by Crippen LogP contribution is -2.35. The van der Waals surface area contributed by atoms with Crippen LogP contribution in [0.3, 0.4) is 0 Å². The van der Waals surface area contributed by atoms with Gasteiger partial charge in [0.2, 0.25) is 5.91 Å². The van der Waals surface area contributed by atoms with Crippen molar-refractivity contribution in [2.45, 2.75) is 25.7 Å². The van der Waals surface area contributed by atoms with Gasteiger partial charge in [-0.25, -0.2) is 4.39 Å². The summed E-state index contributed by atoms with van der Waals surface area (Å²) in [6.07, 6.45) is 0.157. The molecule has 0 bridgehead atoms. The van der Waals surface area contributed by atoms with Crippen LogP contribution in [0.2, 0.25) is 0 Å². The molecule has 140 valence electrons. The highest BCUT2D eigenvalue weighted by molar-refractivity contribution is 5.94. The van der Waals surface area contributed by atoms with E-state index in [1.807, 2.05) is 13.8 Å². The van der Waals surface area contributed by atoms with Crippen LogP contribution in [0.15, 0.2) is 48.5 Å². The Labute approximate surface area is 158 Å². The number of carbonyl (C=O) groups is 2. The van der Waals surface area contributed by atoms with Gasteiger partial charge in [0.1, 0.15) is 5.82 Å². The third-order valence-corrected chi connectivity index (χ3v) is 4.16. The summed E-state index contributed by atoms with van der Waals surface area (Å²) in [6.45, 7) is 4.22. The summed E-state index contributed by atoms with van der Waals surface area (Å²) in [6, 6.07) is 14.9. The molecule has 5 nitrogen and oxygen atoms in total. The van der Waals surface area contributed by atoms with Gasteiger partial charge in [-0.15, -0.1) is 0 Å². The van der Waals surface area contributed by atoms with Gasteiger partial charge < -0.3 is 10.6 Å². The molecule has 2 aromatic carbocycles. The van der Waals surface area contributed by atoms with Crippen LogP contribution in [0.1, 0.15) is 35.3 Å². The van der Waals surface area contributed by atoms with E-state index in [-0.39, 0.29) is 24.1 Å². The maximum Gasteiger partial charge on any atom is 0.251 e. The summed E-state index contributed by atoms with van der Waals surface area (Å²) >= 11 is 0. The third-order valence-electron chi connectivity index (χ3n) is 4.16. The maximum atomic E-state index is 12.8. The van der Waals surface area contributed by atoms with Crippen molar-refractivity contribution in [2.75, 3.05) is 13.1 Å². The second-order valence-corrected chi connectivity index (χ2v) is 6.72. The Balaban J connectivity index is 1.75. The number of nitrogens with zero attached hydrogens (tertiary/aromatic N) is 1. The summed E-state index contributed by atoms with van der Waals surface area (Å²) in [5.74, 6) is -0.783. The zero-order valence-electron chi connectivity index (χ0n) is 15.4. The number of carbonyl (C=O) groups excluding carboxylic acids is 2. The second kappa shape index (κ2) is 8.95. The molecule has 0 fully saturated rings. The van der Waals surface area contributed by atoms with Crippen LogP contribution in [0.5, 0.6) is 0 Å². The lowest BCUT2D eigenvalue weighted by Gasteiger charge is -2.15. The monoisotopic (exact) mass is 367 g/mol. The molecular formula is C21H22FN3O2. The van der Waals surface area contributed by atoms with Gasteiger partial charge in [0.15, 0.2) is 0 Å². The van der Waals surface area contributed by atoms with Crippen molar-refractivity contribution in [2.24, 2.45) is 0 Å². The summed E-state index contributed by atoms with van der Waals surface area (Å²) < 4.78 is 12.8. The predicted molar refractivity (Wildman–Crippen MR) is 101 cm³/mol. The lowest BCUT2D eigenvalue weighted by atomic mass is 9.86. The molecule has 0 aromatic heterocycles. The first kappa shape index (κ1) is 20.1. The Hall–Kier alpha value is -3.20. The van der Waals surface area contributed by atoms with Crippen LogP contribution < -0.4 is 10.6 Å². The fraction of sp³-hybridized carbons (Fsp3) is 0.286. The summed E-state index contributed by atoms with van der Waals surface area (Å²) in [7, 11) is 0. The number of rotatable bonds is 7. The van der Waals surface area contributed by atoms with E-state index in [0.29, 0.717) is 18.7 Å². The largest absolute Gasteiger partial charge is 0.354 e. The number of amides is 2. The molecule has 2 amide bonds. The molecule has 0 spiro atoms. The zero-order valence-corrected chi connectivity index (χ0v) is 15.4. The van der Waals surface area contributed by atoms with Crippen molar-refractivity contribution >= 4 is 11.8 Å². The molecule has 0 aliphatic heterocycles. The average molecular weight is 367 g/mol. The molecule has 0 aliphatic rings. The van der Waals surface area contributed by atoms with E-state index in [1.54, 1.807) is 36.4 Å². The minimum absolute atomic E-state index is 0.157. The van der Waals surface area contributed by atoms with Crippen molar-refractivity contribution in [3.05, 3.63) is 71.0 Å². The van der Waals surface area contributed by atoms with Gasteiger partial charge in [-0.3, -0.25) is 9.59 Å². The molecule has 2 rings (SSSR count). The van der Waals surface area contributed by atoms with Crippen LogP contribution in [-0.4, -0.2) is 24.9 Å². The highest BCUT2D eigenvalue weighted by Crippen LogP contribution is 2.22. The molecular weight excluding hydrogens is 345 g/mol. The molecule has 0 unspecified atom stereocenters. The summed E-state index contributed by atoms with van der Waals surface area (Å²) in [4.78, 5) is 23.9. The zero-order chi connectivity index (χ0) is 19.9. The quantitative estimate of drug-likeness (QED) is 0.738. The molecule has 0 heterocycles. The van der Waals surface area contributed by atoms with E-state index < -0.39 is 5.41 Å². The SMILES string of the molecule is CC(C)(C#N)c1ccc(C(=O)NCCNC(=O)Cc2ccc(F)cc2)cc1. The fourth-order valence-electron chi connectivity index (χ4n) is 2.43. The van der Waals surface area contributed by atoms with Gasteiger partial charge in [-0.05, 0) is 49.2 Å². The number of nitriles is 1. The van der Waals surface area contributed by atoms with Gasteiger partial charge in [0, 0.05) is 18.7 Å². The van der Waals surface area contributed by atoms with Gasteiger partial charge in [0.25, 0.3) is 5.91 Å². The topological polar surface area (TPSA) is 82.0 Å². The first-order valence-electron chi connectivity index (χ1n) is 8.63. The van der Waals surface area contributed by atoms with Crippen molar-refractivity contribution in [3.8, 4) is 6.07 Å². The molecule has 27 heavy (non-hydrogen) atoms. The van der Waals surface area contributed by atoms with Gasteiger partial charge >= 0.3 is 0 Å². The van der Waals surface area contributed by atoms with E-state index >= 15 is 0 Å². The van der Waals surface area contributed by atoms with Crippen LogP contribution in [0, 0.1) is 17.1 Å². The standard InChI is InChI=1S/C21H22FN3O2/c1-21(2,14-23)17-7-5-16(6-8-17)20(27)25-12-11-24-19(26)13-15-3-9-18(22)10-4-15/h3-10H,11-13H2,1-2H3,(H,24,26)(H,25,27).